The third kappa shape index (κ3) is 2.54. The first-order chi connectivity index (χ1) is 8.16. The van der Waals surface area contributed by atoms with Crippen molar-refractivity contribution in [3.8, 4) is 5.88 Å². The average Bonchev–Trinajstić information content (AvgIpc) is 2.79. The number of aromatic nitrogens is 1. The number of aliphatic carboxylic acids is 1. The summed E-state index contributed by atoms with van der Waals surface area (Å²) < 4.78 is 4.35. The molecule has 1 fully saturated rings. The number of methoxy groups -OCH3 is 1. The summed E-state index contributed by atoms with van der Waals surface area (Å²) in [6.45, 7) is 0. The van der Waals surface area contributed by atoms with E-state index >= 15 is 0 Å². The summed E-state index contributed by atoms with van der Waals surface area (Å²) in [5.74, 6) is 0.714. The predicted octanol–water partition coefficient (Wildman–Crippen LogP) is 1.98. The standard InChI is InChI=1S/C12H15NO3S/c1-16-10-5-2-4-9(13-10)8-12(11(14)15)6-3-7-17-12/h2,4-5H,3,6-8H2,1H3,(H,14,15). The monoisotopic (exact) mass is 253 g/mol. The molecule has 1 saturated heterocycles. The van der Waals surface area contributed by atoms with E-state index in [1.54, 1.807) is 13.2 Å². The first-order valence-electron chi connectivity index (χ1n) is 5.53. The van der Waals surface area contributed by atoms with Gasteiger partial charge >= 0.3 is 5.97 Å². The van der Waals surface area contributed by atoms with Gasteiger partial charge < -0.3 is 9.84 Å². The first-order valence-corrected chi connectivity index (χ1v) is 6.52. The van der Waals surface area contributed by atoms with Crippen molar-refractivity contribution in [2.75, 3.05) is 12.9 Å². The lowest BCUT2D eigenvalue weighted by atomic mass is 9.97. The van der Waals surface area contributed by atoms with Crippen molar-refractivity contribution in [1.82, 2.24) is 4.98 Å². The van der Waals surface area contributed by atoms with E-state index in [1.807, 2.05) is 12.1 Å². The summed E-state index contributed by atoms with van der Waals surface area (Å²) in [6.07, 6.45) is 2.14. The fourth-order valence-electron chi connectivity index (χ4n) is 2.04. The fourth-order valence-corrected chi connectivity index (χ4v) is 3.38. The number of hydrogen-bond donors (Lipinski definition) is 1. The summed E-state index contributed by atoms with van der Waals surface area (Å²) >= 11 is 1.53. The van der Waals surface area contributed by atoms with E-state index in [-0.39, 0.29) is 0 Å². The van der Waals surface area contributed by atoms with E-state index in [0.717, 1.165) is 17.9 Å². The van der Waals surface area contributed by atoms with Crippen LogP contribution in [0.5, 0.6) is 5.88 Å². The maximum Gasteiger partial charge on any atom is 0.320 e. The molecule has 5 heteroatoms. The van der Waals surface area contributed by atoms with Gasteiger partial charge in [-0.3, -0.25) is 4.79 Å². The fraction of sp³-hybridized carbons (Fsp3) is 0.500. The van der Waals surface area contributed by atoms with Crippen LogP contribution in [0.1, 0.15) is 18.5 Å². The second kappa shape index (κ2) is 4.96. The van der Waals surface area contributed by atoms with Crippen molar-refractivity contribution >= 4 is 17.7 Å². The van der Waals surface area contributed by atoms with E-state index < -0.39 is 10.7 Å². The Labute approximate surface area is 104 Å². The molecule has 0 radical (unpaired) electrons. The van der Waals surface area contributed by atoms with Crippen LogP contribution < -0.4 is 4.74 Å². The summed E-state index contributed by atoms with van der Waals surface area (Å²) in [7, 11) is 1.56. The van der Waals surface area contributed by atoms with Crippen LogP contribution in [0, 0.1) is 0 Å². The van der Waals surface area contributed by atoms with E-state index in [1.165, 1.54) is 11.8 Å². The minimum atomic E-state index is -0.732. The number of carbonyl (C=O) groups is 1. The van der Waals surface area contributed by atoms with Crippen LogP contribution in [0.25, 0.3) is 0 Å². The highest BCUT2D eigenvalue weighted by Gasteiger charge is 2.42. The Morgan fingerprint density at radius 1 is 1.65 bits per heavy atom. The zero-order valence-electron chi connectivity index (χ0n) is 9.68. The van der Waals surface area contributed by atoms with E-state index in [2.05, 4.69) is 4.98 Å². The maximum atomic E-state index is 11.4. The molecular weight excluding hydrogens is 238 g/mol. The van der Waals surface area contributed by atoms with Crippen molar-refractivity contribution in [1.29, 1.82) is 0 Å². The van der Waals surface area contributed by atoms with E-state index in [4.69, 9.17) is 4.74 Å². The molecule has 0 bridgehead atoms. The third-order valence-electron chi connectivity index (χ3n) is 2.95. The van der Waals surface area contributed by atoms with Gasteiger partial charge in [0.2, 0.25) is 5.88 Å². The van der Waals surface area contributed by atoms with Crippen molar-refractivity contribution in [3.05, 3.63) is 23.9 Å². The molecular formula is C12H15NO3S. The van der Waals surface area contributed by atoms with Gasteiger partial charge in [0.1, 0.15) is 4.75 Å². The molecule has 1 aliphatic rings. The molecule has 1 aromatic rings. The molecule has 1 unspecified atom stereocenters. The Morgan fingerprint density at radius 3 is 3.06 bits per heavy atom. The first kappa shape index (κ1) is 12.2. The number of ether oxygens (including phenoxy) is 1. The molecule has 0 aliphatic carbocycles. The summed E-state index contributed by atoms with van der Waals surface area (Å²) in [4.78, 5) is 15.7. The number of carboxylic acid groups (broad SMARTS) is 1. The molecule has 1 aliphatic heterocycles. The Kier molecular flexibility index (Phi) is 3.57. The van der Waals surface area contributed by atoms with Gasteiger partial charge in [-0.25, -0.2) is 4.98 Å². The highest BCUT2D eigenvalue weighted by molar-refractivity contribution is 8.01. The number of rotatable bonds is 4. The molecule has 2 heterocycles. The minimum Gasteiger partial charge on any atom is -0.481 e. The van der Waals surface area contributed by atoms with Gasteiger partial charge in [-0.2, -0.15) is 0 Å². The van der Waals surface area contributed by atoms with Gasteiger partial charge in [0.05, 0.1) is 7.11 Å². The zero-order valence-corrected chi connectivity index (χ0v) is 10.5. The highest BCUT2D eigenvalue weighted by atomic mass is 32.2. The van der Waals surface area contributed by atoms with Crippen molar-refractivity contribution < 1.29 is 14.6 Å². The van der Waals surface area contributed by atoms with Crippen LogP contribution in [0.3, 0.4) is 0 Å². The molecule has 1 atom stereocenters. The van der Waals surface area contributed by atoms with Crippen LogP contribution in [0.15, 0.2) is 18.2 Å². The number of carboxylic acids is 1. The maximum absolute atomic E-state index is 11.4. The molecule has 1 N–H and O–H groups in total. The normalized spacial score (nSPS) is 23.6. The molecule has 17 heavy (non-hydrogen) atoms. The van der Waals surface area contributed by atoms with Crippen LogP contribution in [-0.2, 0) is 11.2 Å². The lowest BCUT2D eigenvalue weighted by Gasteiger charge is -2.22. The number of pyridine rings is 1. The minimum absolute atomic E-state index is 0.463. The lowest BCUT2D eigenvalue weighted by molar-refractivity contribution is -0.139. The molecule has 0 aromatic carbocycles. The van der Waals surface area contributed by atoms with Gasteiger partial charge in [-0.15, -0.1) is 11.8 Å². The van der Waals surface area contributed by atoms with Gasteiger partial charge in [-0.05, 0) is 24.7 Å². The van der Waals surface area contributed by atoms with Crippen LogP contribution in [-0.4, -0.2) is 33.7 Å². The molecule has 0 saturated carbocycles. The van der Waals surface area contributed by atoms with Crippen LogP contribution >= 0.6 is 11.8 Å². The Balaban J connectivity index is 2.20. The smallest absolute Gasteiger partial charge is 0.320 e. The third-order valence-corrected chi connectivity index (χ3v) is 4.52. The number of hydrogen-bond acceptors (Lipinski definition) is 4. The van der Waals surface area contributed by atoms with Gasteiger partial charge in [-0.1, -0.05) is 6.07 Å². The molecule has 2 rings (SSSR count). The molecule has 1 aromatic heterocycles. The summed E-state index contributed by atoms with van der Waals surface area (Å²) in [6, 6.07) is 5.46. The SMILES string of the molecule is COc1cccc(CC2(C(=O)O)CCCS2)n1. The van der Waals surface area contributed by atoms with Gasteiger partial charge in [0.25, 0.3) is 0 Å². The van der Waals surface area contributed by atoms with Gasteiger partial charge in [0, 0.05) is 18.2 Å². The second-order valence-corrected chi connectivity index (χ2v) is 5.58. The Morgan fingerprint density at radius 2 is 2.47 bits per heavy atom. The van der Waals surface area contributed by atoms with Gasteiger partial charge in [0.15, 0.2) is 0 Å². The number of thioether (sulfide) groups is 1. The molecule has 0 amide bonds. The van der Waals surface area contributed by atoms with Crippen molar-refractivity contribution in [2.24, 2.45) is 0 Å². The second-order valence-electron chi connectivity index (χ2n) is 4.10. The lowest BCUT2D eigenvalue weighted by Crippen LogP contribution is -2.35. The molecule has 0 spiro atoms. The van der Waals surface area contributed by atoms with E-state index in [0.29, 0.717) is 18.7 Å². The van der Waals surface area contributed by atoms with E-state index in [9.17, 15) is 9.90 Å². The topological polar surface area (TPSA) is 59.4 Å². The Bertz CT molecular complexity index is 416. The number of nitrogens with zero attached hydrogens (tertiary/aromatic N) is 1. The highest BCUT2D eigenvalue weighted by Crippen LogP contribution is 2.40. The van der Waals surface area contributed by atoms with Crippen LogP contribution in [0.4, 0.5) is 0 Å². The van der Waals surface area contributed by atoms with Crippen molar-refractivity contribution in [3.63, 3.8) is 0 Å². The predicted molar refractivity (Wildman–Crippen MR) is 66.6 cm³/mol. The van der Waals surface area contributed by atoms with Crippen molar-refractivity contribution in [2.45, 2.75) is 24.0 Å². The zero-order chi connectivity index (χ0) is 12.3. The summed E-state index contributed by atoms with van der Waals surface area (Å²) in [5.41, 5.74) is 0.779. The largest absolute Gasteiger partial charge is 0.481 e. The molecule has 92 valence electrons. The van der Waals surface area contributed by atoms with Crippen LogP contribution in [0.2, 0.25) is 0 Å². The summed E-state index contributed by atoms with van der Waals surface area (Å²) in [5, 5.41) is 9.37. The quantitative estimate of drug-likeness (QED) is 0.889. The molecule has 4 nitrogen and oxygen atoms in total. The Hall–Kier alpha value is -1.23. The average molecular weight is 253 g/mol.